The fourth-order valence-electron chi connectivity index (χ4n) is 5.22. The summed E-state index contributed by atoms with van der Waals surface area (Å²) in [6, 6.07) is 9.25. The number of fused-ring (bicyclic) bond motifs is 1. The zero-order chi connectivity index (χ0) is 27.9. The molecule has 204 valence electrons. The summed E-state index contributed by atoms with van der Waals surface area (Å²) in [6.45, 7) is 1.22. The van der Waals surface area contributed by atoms with E-state index in [0.29, 0.717) is 36.2 Å². The summed E-state index contributed by atoms with van der Waals surface area (Å²) in [6.07, 6.45) is 7.52. The van der Waals surface area contributed by atoms with Crippen molar-refractivity contribution in [3.63, 3.8) is 0 Å². The SMILES string of the molecule is COc1cc(F)c(-c2cc(Cn3cnc4c(N)ncnc43)c(N3CCCC(O)(c4ccccn4)C3)cn2)cc1F. The molecule has 0 bridgehead atoms. The average molecular weight is 545 g/mol. The van der Waals surface area contributed by atoms with Gasteiger partial charge in [-0.1, -0.05) is 6.07 Å². The standard InChI is InChI=1S/C28H26F2N8O2/c1-40-23-11-19(29)18(10-20(23)30)21-9-17(13-38-16-36-25-26(31)34-15-35-27(25)38)22(12-33-21)37-8-4-6-28(39,14-37)24-5-2-3-7-32-24/h2-3,5,7,9-12,15-16,39H,4,6,8,13-14H2,1H3,(H2,31,34,35). The molecule has 0 saturated carbocycles. The maximum atomic E-state index is 15.0. The number of aliphatic hydroxyl groups is 1. The molecule has 0 radical (unpaired) electrons. The minimum absolute atomic E-state index is 0.00297. The van der Waals surface area contributed by atoms with Crippen molar-refractivity contribution < 1.29 is 18.6 Å². The zero-order valence-corrected chi connectivity index (χ0v) is 21.6. The quantitative estimate of drug-likeness (QED) is 0.329. The third-order valence-electron chi connectivity index (χ3n) is 7.21. The summed E-state index contributed by atoms with van der Waals surface area (Å²) < 4.78 is 36.3. The lowest BCUT2D eigenvalue weighted by Gasteiger charge is -2.40. The Bertz CT molecular complexity index is 1700. The number of ether oxygens (including phenoxy) is 1. The minimum atomic E-state index is -1.16. The van der Waals surface area contributed by atoms with Gasteiger partial charge in [-0.05, 0) is 42.7 Å². The lowest BCUT2D eigenvalue weighted by molar-refractivity contribution is 0.0177. The highest BCUT2D eigenvalue weighted by Gasteiger charge is 2.37. The van der Waals surface area contributed by atoms with Crippen molar-refractivity contribution in [2.24, 2.45) is 0 Å². The minimum Gasteiger partial charge on any atom is -0.494 e. The lowest BCUT2D eigenvalue weighted by atomic mass is 9.88. The van der Waals surface area contributed by atoms with Crippen LogP contribution in [-0.4, -0.2) is 54.8 Å². The van der Waals surface area contributed by atoms with E-state index in [1.165, 1.54) is 13.4 Å². The number of imidazole rings is 1. The summed E-state index contributed by atoms with van der Waals surface area (Å²) in [4.78, 5) is 23.6. The van der Waals surface area contributed by atoms with E-state index in [4.69, 9.17) is 10.5 Å². The van der Waals surface area contributed by atoms with Crippen LogP contribution in [-0.2, 0) is 12.1 Å². The summed E-state index contributed by atoms with van der Waals surface area (Å²) in [7, 11) is 1.28. The molecule has 4 aromatic heterocycles. The Labute approximate surface area is 228 Å². The molecule has 1 saturated heterocycles. The molecule has 0 aliphatic carbocycles. The molecule has 0 spiro atoms. The number of hydrogen-bond donors (Lipinski definition) is 2. The van der Waals surface area contributed by atoms with Gasteiger partial charge >= 0.3 is 0 Å². The van der Waals surface area contributed by atoms with E-state index in [0.717, 1.165) is 23.4 Å². The third-order valence-corrected chi connectivity index (χ3v) is 7.21. The van der Waals surface area contributed by atoms with Gasteiger partial charge in [0.05, 0.1) is 49.8 Å². The van der Waals surface area contributed by atoms with Crippen LogP contribution < -0.4 is 15.4 Å². The number of nitrogens with zero attached hydrogens (tertiary/aromatic N) is 7. The number of nitrogen functional groups attached to an aromatic ring is 1. The molecular formula is C28H26F2N8O2. The predicted octanol–water partition coefficient (Wildman–Crippen LogP) is 3.69. The second-order valence-electron chi connectivity index (χ2n) is 9.74. The third kappa shape index (κ3) is 4.56. The molecule has 0 amide bonds. The van der Waals surface area contributed by atoms with Gasteiger partial charge in [-0.3, -0.25) is 9.97 Å². The van der Waals surface area contributed by atoms with Gasteiger partial charge in [-0.2, -0.15) is 0 Å². The van der Waals surface area contributed by atoms with Crippen molar-refractivity contribution in [3.05, 3.63) is 84.3 Å². The van der Waals surface area contributed by atoms with Gasteiger partial charge in [-0.25, -0.2) is 23.7 Å². The van der Waals surface area contributed by atoms with Crippen LogP contribution in [0.25, 0.3) is 22.4 Å². The maximum absolute atomic E-state index is 15.0. The van der Waals surface area contributed by atoms with Crippen LogP contribution in [0.15, 0.2) is 61.4 Å². The first-order valence-electron chi connectivity index (χ1n) is 12.7. The largest absolute Gasteiger partial charge is 0.494 e. The summed E-state index contributed by atoms with van der Waals surface area (Å²) in [5.74, 6) is -1.30. The number of piperidine rings is 1. The first-order chi connectivity index (χ1) is 19.4. The van der Waals surface area contributed by atoms with Crippen LogP contribution >= 0.6 is 0 Å². The number of anilines is 2. The van der Waals surface area contributed by atoms with Crippen LogP contribution in [0.1, 0.15) is 24.1 Å². The molecule has 1 aliphatic rings. The molecule has 5 aromatic rings. The first kappa shape index (κ1) is 25.6. The molecule has 1 unspecified atom stereocenters. The van der Waals surface area contributed by atoms with Crippen LogP contribution in [0.3, 0.4) is 0 Å². The smallest absolute Gasteiger partial charge is 0.165 e. The van der Waals surface area contributed by atoms with Crippen LogP contribution in [0.2, 0.25) is 0 Å². The number of methoxy groups -OCH3 is 1. The van der Waals surface area contributed by atoms with Gasteiger partial charge in [-0.15, -0.1) is 0 Å². The van der Waals surface area contributed by atoms with E-state index < -0.39 is 17.2 Å². The summed E-state index contributed by atoms with van der Waals surface area (Å²) in [5.41, 5.74) is 8.12. The zero-order valence-electron chi connectivity index (χ0n) is 21.6. The maximum Gasteiger partial charge on any atom is 0.165 e. The molecule has 1 atom stereocenters. The molecular weight excluding hydrogens is 518 g/mol. The van der Waals surface area contributed by atoms with Crippen LogP contribution in [0, 0.1) is 11.6 Å². The second-order valence-corrected chi connectivity index (χ2v) is 9.74. The highest BCUT2D eigenvalue weighted by Crippen LogP contribution is 2.36. The van der Waals surface area contributed by atoms with Crippen LogP contribution in [0.4, 0.5) is 20.3 Å². The van der Waals surface area contributed by atoms with Crippen molar-refractivity contribution in [3.8, 4) is 17.0 Å². The number of nitrogens with two attached hydrogens (primary N) is 1. The van der Waals surface area contributed by atoms with E-state index in [2.05, 4.69) is 24.9 Å². The average Bonchev–Trinajstić information content (AvgIpc) is 3.38. The fraction of sp³-hybridized carbons (Fsp3) is 0.250. The number of benzene rings is 1. The summed E-state index contributed by atoms with van der Waals surface area (Å²) >= 11 is 0. The Kier molecular flexibility index (Phi) is 6.46. The molecule has 12 heteroatoms. The highest BCUT2D eigenvalue weighted by atomic mass is 19.1. The van der Waals surface area contributed by atoms with E-state index >= 15 is 4.39 Å². The van der Waals surface area contributed by atoms with Gasteiger partial charge < -0.3 is 25.0 Å². The Balaban J connectivity index is 1.44. The molecule has 6 rings (SSSR count). The van der Waals surface area contributed by atoms with Gasteiger partial charge in [0.1, 0.15) is 23.3 Å². The van der Waals surface area contributed by atoms with Crippen molar-refractivity contribution in [1.29, 1.82) is 0 Å². The normalized spacial score (nSPS) is 17.4. The summed E-state index contributed by atoms with van der Waals surface area (Å²) in [5, 5.41) is 11.6. The molecule has 1 aliphatic heterocycles. The van der Waals surface area contributed by atoms with E-state index in [-0.39, 0.29) is 35.9 Å². The number of β-amino-alcohol motifs (C(OH)–C–C–N with tert-alkyl or cyclic N) is 1. The Morgan fingerprint density at radius 2 is 1.95 bits per heavy atom. The monoisotopic (exact) mass is 544 g/mol. The van der Waals surface area contributed by atoms with Gasteiger partial charge in [0.25, 0.3) is 0 Å². The topological polar surface area (TPSA) is 128 Å². The lowest BCUT2D eigenvalue weighted by Crippen LogP contribution is -2.47. The molecule has 3 N–H and O–H groups in total. The second kappa shape index (κ2) is 10.1. The molecule has 5 heterocycles. The van der Waals surface area contributed by atoms with Crippen molar-refractivity contribution >= 4 is 22.7 Å². The number of aromatic nitrogens is 6. The van der Waals surface area contributed by atoms with Crippen LogP contribution in [0.5, 0.6) is 5.75 Å². The number of hydrogen-bond acceptors (Lipinski definition) is 9. The van der Waals surface area contributed by atoms with Crippen molar-refractivity contribution in [2.75, 3.05) is 30.8 Å². The number of rotatable bonds is 6. The Hall–Kier alpha value is -4.71. The highest BCUT2D eigenvalue weighted by molar-refractivity contribution is 5.81. The molecule has 40 heavy (non-hydrogen) atoms. The van der Waals surface area contributed by atoms with Gasteiger partial charge in [0, 0.05) is 24.4 Å². The van der Waals surface area contributed by atoms with Gasteiger partial charge in [0.15, 0.2) is 23.0 Å². The van der Waals surface area contributed by atoms with E-state index in [1.54, 1.807) is 35.4 Å². The van der Waals surface area contributed by atoms with Crippen molar-refractivity contribution in [2.45, 2.75) is 25.0 Å². The Morgan fingerprint density at radius 1 is 1.07 bits per heavy atom. The predicted molar refractivity (Wildman–Crippen MR) is 145 cm³/mol. The molecule has 1 aromatic carbocycles. The number of pyridine rings is 2. The first-order valence-corrected chi connectivity index (χ1v) is 12.7. The van der Waals surface area contributed by atoms with Gasteiger partial charge in [0.2, 0.25) is 0 Å². The number of halogens is 2. The van der Waals surface area contributed by atoms with E-state index in [1.807, 2.05) is 17.0 Å². The van der Waals surface area contributed by atoms with E-state index in [9.17, 15) is 9.50 Å². The Morgan fingerprint density at radius 3 is 2.75 bits per heavy atom. The molecule has 1 fully saturated rings. The fourth-order valence-corrected chi connectivity index (χ4v) is 5.22. The molecule has 10 nitrogen and oxygen atoms in total. The van der Waals surface area contributed by atoms with Crippen molar-refractivity contribution in [1.82, 2.24) is 29.5 Å².